The van der Waals surface area contributed by atoms with E-state index in [0.29, 0.717) is 0 Å². The van der Waals surface area contributed by atoms with Crippen LogP contribution >= 0.6 is 0 Å². The molecule has 16 heavy (non-hydrogen) atoms. The predicted octanol–water partition coefficient (Wildman–Crippen LogP) is 0.0450. The predicted molar refractivity (Wildman–Crippen MR) is 54.7 cm³/mol. The van der Waals surface area contributed by atoms with E-state index < -0.39 is 29.6 Å². The van der Waals surface area contributed by atoms with Crippen LogP contribution in [-0.4, -0.2) is 42.0 Å². The SMILES string of the molecule is CC(C)(C)OC(=O)N[C@@H]1COC(=O)[C@H]1CO. The molecule has 0 aromatic heterocycles. The highest BCUT2D eigenvalue weighted by Crippen LogP contribution is 2.15. The summed E-state index contributed by atoms with van der Waals surface area (Å²) in [4.78, 5) is 22.5. The smallest absolute Gasteiger partial charge is 0.408 e. The van der Waals surface area contributed by atoms with E-state index in [4.69, 9.17) is 14.6 Å². The number of aliphatic hydroxyl groups is 1. The van der Waals surface area contributed by atoms with Gasteiger partial charge in [0, 0.05) is 0 Å². The molecule has 1 rings (SSSR count). The van der Waals surface area contributed by atoms with Gasteiger partial charge < -0.3 is 19.9 Å². The molecule has 1 saturated heterocycles. The minimum atomic E-state index is -0.701. The number of hydrogen-bond acceptors (Lipinski definition) is 5. The maximum absolute atomic E-state index is 11.4. The van der Waals surface area contributed by atoms with Gasteiger partial charge >= 0.3 is 12.1 Å². The van der Waals surface area contributed by atoms with Gasteiger partial charge in [0.15, 0.2) is 0 Å². The topological polar surface area (TPSA) is 84.9 Å². The number of nitrogens with one attached hydrogen (secondary N) is 1. The molecule has 0 aromatic rings. The van der Waals surface area contributed by atoms with E-state index in [1.165, 1.54) is 0 Å². The summed E-state index contributed by atoms with van der Waals surface area (Å²) in [7, 11) is 0. The lowest BCUT2D eigenvalue weighted by Crippen LogP contribution is -2.44. The van der Waals surface area contributed by atoms with Gasteiger partial charge in [-0.2, -0.15) is 0 Å². The van der Waals surface area contributed by atoms with Gasteiger partial charge in [-0.3, -0.25) is 4.79 Å². The number of amides is 1. The summed E-state index contributed by atoms with van der Waals surface area (Å²) in [6.45, 7) is 4.95. The molecule has 1 fully saturated rings. The lowest BCUT2D eigenvalue weighted by molar-refractivity contribution is -0.142. The highest BCUT2D eigenvalue weighted by Gasteiger charge is 2.38. The molecule has 2 N–H and O–H groups in total. The fourth-order valence-electron chi connectivity index (χ4n) is 1.36. The normalized spacial score (nSPS) is 25.1. The van der Waals surface area contributed by atoms with Gasteiger partial charge in [0.05, 0.1) is 12.6 Å². The van der Waals surface area contributed by atoms with Crippen molar-refractivity contribution in [3.8, 4) is 0 Å². The van der Waals surface area contributed by atoms with Crippen LogP contribution in [0.5, 0.6) is 0 Å². The fourth-order valence-corrected chi connectivity index (χ4v) is 1.36. The Morgan fingerprint density at radius 1 is 1.62 bits per heavy atom. The van der Waals surface area contributed by atoms with Crippen LogP contribution in [-0.2, 0) is 14.3 Å². The highest BCUT2D eigenvalue weighted by atomic mass is 16.6. The summed E-state index contributed by atoms with van der Waals surface area (Å²) in [6.07, 6.45) is -0.616. The molecule has 0 unspecified atom stereocenters. The molecule has 6 nitrogen and oxygen atoms in total. The minimum Gasteiger partial charge on any atom is -0.463 e. The number of ether oxygens (including phenoxy) is 2. The van der Waals surface area contributed by atoms with Crippen molar-refractivity contribution in [3.05, 3.63) is 0 Å². The first-order valence-corrected chi connectivity index (χ1v) is 5.10. The molecule has 0 radical (unpaired) electrons. The number of alkyl carbamates (subject to hydrolysis) is 1. The maximum Gasteiger partial charge on any atom is 0.408 e. The number of carbonyl (C=O) groups is 2. The van der Waals surface area contributed by atoms with Crippen LogP contribution in [0.4, 0.5) is 4.79 Å². The van der Waals surface area contributed by atoms with Crippen molar-refractivity contribution in [3.63, 3.8) is 0 Å². The van der Waals surface area contributed by atoms with Crippen molar-refractivity contribution in [2.24, 2.45) is 5.92 Å². The summed E-state index contributed by atoms with van der Waals surface area (Å²) in [6, 6.07) is -0.521. The second kappa shape index (κ2) is 4.69. The number of carbonyl (C=O) groups excluding carboxylic acids is 2. The number of hydrogen-bond donors (Lipinski definition) is 2. The zero-order valence-corrected chi connectivity index (χ0v) is 9.65. The lowest BCUT2D eigenvalue weighted by Gasteiger charge is -2.22. The first-order chi connectivity index (χ1) is 7.33. The van der Waals surface area contributed by atoms with Gasteiger partial charge in [-0.1, -0.05) is 0 Å². The average Bonchev–Trinajstić information content (AvgIpc) is 2.43. The molecule has 2 atom stereocenters. The van der Waals surface area contributed by atoms with Crippen LogP contribution in [0.3, 0.4) is 0 Å². The monoisotopic (exact) mass is 231 g/mol. The van der Waals surface area contributed by atoms with Gasteiger partial charge in [0.1, 0.15) is 18.1 Å². The lowest BCUT2D eigenvalue weighted by atomic mass is 10.1. The summed E-state index contributed by atoms with van der Waals surface area (Å²) in [5, 5.41) is 11.5. The van der Waals surface area contributed by atoms with E-state index in [2.05, 4.69) is 5.32 Å². The molecular weight excluding hydrogens is 214 g/mol. The van der Waals surface area contributed by atoms with E-state index in [0.717, 1.165) is 0 Å². The second-order valence-corrected chi connectivity index (χ2v) is 4.67. The Morgan fingerprint density at radius 3 is 2.75 bits per heavy atom. The maximum atomic E-state index is 11.4. The molecule has 0 spiro atoms. The number of esters is 1. The van der Waals surface area contributed by atoms with E-state index in [1.807, 2.05) is 0 Å². The molecule has 92 valence electrons. The van der Waals surface area contributed by atoms with Crippen LogP contribution in [0.25, 0.3) is 0 Å². The van der Waals surface area contributed by atoms with Gasteiger partial charge in [0.2, 0.25) is 0 Å². The minimum absolute atomic E-state index is 0.0727. The zero-order chi connectivity index (χ0) is 12.3. The van der Waals surface area contributed by atoms with Gasteiger partial charge in [0.25, 0.3) is 0 Å². The van der Waals surface area contributed by atoms with Crippen LogP contribution < -0.4 is 5.32 Å². The summed E-state index contributed by atoms with van der Waals surface area (Å²) in [5.74, 6) is -1.20. The molecule has 0 aromatic carbocycles. The molecule has 0 saturated carbocycles. The molecule has 1 heterocycles. The van der Waals surface area contributed by atoms with Crippen molar-refractivity contribution >= 4 is 12.1 Å². The third-order valence-corrected chi connectivity index (χ3v) is 2.09. The summed E-state index contributed by atoms with van der Waals surface area (Å²) < 4.78 is 9.76. The Hall–Kier alpha value is -1.30. The highest BCUT2D eigenvalue weighted by molar-refractivity contribution is 5.77. The van der Waals surface area contributed by atoms with Crippen LogP contribution in [0.2, 0.25) is 0 Å². The van der Waals surface area contributed by atoms with E-state index in [1.54, 1.807) is 20.8 Å². The van der Waals surface area contributed by atoms with Crippen LogP contribution in [0.1, 0.15) is 20.8 Å². The Balaban J connectivity index is 2.48. The summed E-state index contributed by atoms with van der Waals surface area (Å²) in [5.41, 5.74) is -0.595. The van der Waals surface area contributed by atoms with E-state index in [9.17, 15) is 9.59 Å². The number of aliphatic hydroxyl groups excluding tert-OH is 1. The van der Waals surface area contributed by atoms with Crippen LogP contribution in [0, 0.1) is 5.92 Å². The Morgan fingerprint density at radius 2 is 2.25 bits per heavy atom. The molecular formula is C10H17NO5. The van der Waals surface area contributed by atoms with Crippen molar-refractivity contribution in [2.75, 3.05) is 13.2 Å². The molecule has 6 heteroatoms. The van der Waals surface area contributed by atoms with Crippen molar-refractivity contribution in [1.29, 1.82) is 0 Å². The third-order valence-electron chi connectivity index (χ3n) is 2.09. The van der Waals surface area contributed by atoms with E-state index >= 15 is 0 Å². The average molecular weight is 231 g/mol. The first kappa shape index (κ1) is 12.8. The Labute approximate surface area is 93.9 Å². The largest absolute Gasteiger partial charge is 0.463 e. The zero-order valence-electron chi connectivity index (χ0n) is 9.65. The van der Waals surface area contributed by atoms with Crippen molar-refractivity contribution in [2.45, 2.75) is 32.4 Å². The van der Waals surface area contributed by atoms with Gasteiger partial charge in [-0.05, 0) is 20.8 Å². The van der Waals surface area contributed by atoms with E-state index in [-0.39, 0.29) is 13.2 Å². The fraction of sp³-hybridized carbons (Fsp3) is 0.800. The van der Waals surface area contributed by atoms with Gasteiger partial charge in [-0.25, -0.2) is 4.79 Å². The molecule has 1 aliphatic heterocycles. The summed E-state index contributed by atoms with van der Waals surface area (Å²) >= 11 is 0. The number of rotatable bonds is 2. The second-order valence-electron chi connectivity index (χ2n) is 4.67. The molecule has 0 aliphatic carbocycles. The van der Waals surface area contributed by atoms with Crippen molar-refractivity contribution < 1.29 is 24.2 Å². The standard InChI is InChI=1S/C10H17NO5/c1-10(2,3)16-9(14)11-7-5-15-8(13)6(7)4-12/h6-7,12H,4-5H2,1-3H3,(H,11,14)/t6-,7+/m0/s1. The molecule has 1 aliphatic rings. The molecule has 0 bridgehead atoms. The Bertz CT molecular complexity index is 283. The molecule has 1 amide bonds. The van der Waals surface area contributed by atoms with Crippen molar-refractivity contribution in [1.82, 2.24) is 5.32 Å². The Kier molecular flexibility index (Phi) is 3.74. The quantitative estimate of drug-likeness (QED) is 0.656. The van der Waals surface area contributed by atoms with Crippen LogP contribution in [0.15, 0.2) is 0 Å². The van der Waals surface area contributed by atoms with Gasteiger partial charge in [-0.15, -0.1) is 0 Å². The first-order valence-electron chi connectivity index (χ1n) is 5.10. The number of cyclic esters (lactones) is 1. The third kappa shape index (κ3) is 3.37.